The van der Waals surface area contributed by atoms with E-state index in [2.05, 4.69) is 398 Å². The maximum absolute atomic E-state index is 2.70. The molecule has 0 aliphatic heterocycles. The molecule has 21 aromatic carbocycles. The van der Waals surface area contributed by atoms with E-state index in [-0.39, 0.29) is 0 Å². The van der Waals surface area contributed by atoms with E-state index in [1.165, 1.54) is 297 Å². The Morgan fingerprint density at radius 3 is 0.830 bits per heavy atom. The van der Waals surface area contributed by atoms with Crippen molar-refractivity contribution in [3.8, 4) is 66.8 Å². The minimum absolute atomic E-state index is 0.841. The summed E-state index contributed by atoms with van der Waals surface area (Å²) in [4.78, 5) is 0. The zero-order valence-electron chi connectivity index (χ0n) is 90.3. The van der Waals surface area contributed by atoms with Crippen LogP contribution in [-0.4, -0.2) is 13.7 Å². The summed E-state index contributed by atoms with van der Waals surface area (Å²) in [6.45, 7) is 45.4. The summed E-state index contributed by atoms with van der Waals surface area (Å²) in [7, 11) is 0. The molecular formula is C144H141N3. The van der Waals surface area contributed by atoms with E-state index in [4.69, 9.17) is 0 Å². The molecule has 0 saturated carbocycles. The molecule has 3 aromatic heterocycles. The summed E-state index contributed by atoms with van der Waals surface area (Å²) in [5.74, 6) is 0. The van der Waals surface area contributed by atoms with Crippen LogP contribution >= 0.6 is 0 Å². The normalized spacial score (nSPS) is 11.9. The van der Waals surface area contributed by atoms with Crippen LogP contribution in [0.15, 0.2) is 364 Å². The van der Waals surface area contributed by atoms with Crippen molar-refractivity contribution in [2.75, 3.05) is 0 Å². The predicted molar refractivity (Wildman–Crippen MR) is 646 cm³/mol. The highest BCUT2D eigenvalue weighted by Crippen LogP contribution is 2.56. The molecule has 0 bridgehead atoms. The monoisotopic (exact) mass is 1910 g/mol. The largest absolute Gasteiger partial charge is 0.335 e. The fourth-order valence-electron chi connectivity index (χ4n) is 25.5. The van der Waals surface area contributed by atoms with Gasteiger partial charge in [-0.2, -0.15) is 0 Å². The van der Waals surface area contributed by atoms with Gasteiger partial charge in [0.25, 0.3) is 0 Å². The first-order valence-electron chi connectivity index (χ1n) is 55.2. The van der Waals surface area contributed by atoms with Gasteiger partial charge in [-0.3, -0.25) is 0 Å². The van der Waals surface area contributed by atoms with Crippen LogP contribution < -0.4 is 0 Å². The lowest BCUT2D eigenvalue weighted by Gasteiger charge is -2.17. The molecule has 3 nitrogen and oxygen atoms in total. The molecule has 6 aliphatic rings. The standard InChI is InChI=1S/3C42H29N.9C2H6/c1-25-20-26(21-30-22-28-11-3-5-13-31(28)38(25)30)24-43-41-33-15-7-2-10-27(33)18-19-36(41)40-35-17-9-8-16-34(35)39-32-14-6-4-12-29(32)23-37(39)42(40)43;1-25-20-29(36-22-27-11-3-5-13-30(27)37(36)21-25)24-43-41-32-15-7-2-10-26(32)18-19-35(41)40-34-17-9-8-16-33(34)39-31-14-6-4-12-28(31)23-38(39)42(40)43;1-25-20-29-22-27-11-3-5-13-31(27)38(29)30(21-25)24-43-41-33-15-7-2-10-26(33)18-19-36(41)40-35-17-9-8-16-34(35)39-32-14-6-4-12-28(32)23-37(39)42(40)43;9*1-2/h3*2-21H,22-24H2,1H3;9*1-2H3. The van der Waals surface area contributed by atoms with E-state index in [1.807, 2.05) is 125 Å². The van der Waals surface area contributed by atoms with Gasteiger partial charge in [0.15, 0.2) is 0 Å². The van der Waals surface area contributed by atoms with E-state index in [9.17, 15) is 0 Å². The molecule has 0 spiro atoms. The van der Waals surface area contributed by atoms with Crippen LogP contribution in [0.2, 0.25) is 0 Å². The van der Waals surface area contributed by atoms with E-state index >= 15 is 0 Å². The Kier molecular flexibility index (Phi) is 29.7. The first-order chi connectivity index (χ1) is 72.7. The number of nitrogens with zero attached hydrogens (tertiary/aromatic N) is 3. The minimum atomic E-state index is 0.841. The maximum atomic E-state index is 2.70. The molecule has 0 unspecified atom stereocenters. The van der Waals surface area contributed by atoms with Crippen LogP contribution in [0.5, 0.6) is 0 Å². The third kappa shape index (κ3) is 16.7. The van der Waals surface area contributed by atoms with Crippen molar-refractivity contribution < 1.29 is 0 Å². The Hall–Kier alpha value is -15.4. The maximum Gasteiger partial charge on any atom is 0.0574 e. The number of aromatic nitrogens is 3. The summed E-state index contributed by atoms with van der Waals surface area (Å²) >= 11 is 0. The summed E-state index contributed by atoms with van der Waals surface area (Å²) < 4.78 is 8.07. The highest BCUT2D eigenvalue weighted by atomic mass is 15.0. The van der Waals surface area contributed by atoms with E-state index in [1.54, 1.807) is 0 Å². The Morgan fingerprint density at radius 1 is 0.177 bits per heavy atom. The van der Waals surface area contributed by atoms with Gasteiger partial charge < -0.3 is 13.7 Å². The molecule has 0 fully saturated rings. The lowest BCUT2D eigenvalue weighted by molar-refractivity contribution is 0.855. The second-order valence-corrected chi connectivity index (χ2v) is 37.5. The molecule has 0 atom stereocenters. The average Bonchev–Trinajstić information content (AvgIpc) is 1.54. The minimum Gasteiger partial charge on any atom is -0.335 e. The number of benzene rings is 21. The summed E-state index contributed by atoms with van der Waals surface area (Å²) in [5, 5.41) is 24.3. The van der Waals surface area contributed by atoms with Crippen LogP contribution in [0.1, 0.15) is 225 Å². The van der Waals surface area contributed by atoms with Crippen LogP contribution in [0.4, 0.5) is 0 Å². The SMILES string of the molecule is CC.CC.CC.CC.CC.CC.CC.CC.CC.Cc1cc(Cn2c3c4c(c5ccccc5c3c3ccc5ccccc5c32)-c2ccccc2C4)c2c(c1)-c1ccccc1C2.Cc1cc(Cn2c3c4c(c5ccccc5c3c3ccc5ccccc5c32)-c2ccccc2C4)cc2c1-c1ccccc1C2.Cc1cc2c(c(Cn3c4c5c(c6ccccc6c4c4ccc6ccccc6c43)-c3ccccc3C5)c1)-c1ccccc1C2. The van der Waals surface area contributed by atoms with Gasteiger partial charge >= 0.3 is 0 Å². The van der Waals surface area contributed by atoms with Crippen molar-refractivity contribution >= 4 is 130 Å². The average molecular weight is 1910 g/mol. The molecule has 0 saturated heterocycles. The van der Waals surface area contributed by atoms with Gasteiger partial charge in [-0.15, -0.1) is 0 Å². The number of aryl methyl sites for hydroxylation is 3. The predicted octanol–water partition coefficient (Wildman–Crippen LogP) is 41.0. The van der Waals surface area contributed by atoms with Gasteiger partial charge in [0.05, 0.1) is 33.1 Å². The van der Waals surface area contributed by atoms with Crippen molar-refractivity contribution in [2.24, 2.45) is 0 Å². The topological polar surface area (TPSA) is 14.8 Å². The first-order valence-corrected chi connectivity index (χ1v) is 55.2. The van der Waals surface area contributed by atoms with Gasteiger partial charge in [-0.25, -0.2) is 0 Å². The molecule has 24 aromatic rings. The third-order valence-electron chi connectivity index (χ3n) is 30.4. The van der Waals surface area contributed by atoms with Crippen LogP contribution in [-0.2, 0) is 58.2 Å². The van der Waals surface area contributed by atoms with E-state index in [0.29, 0.717) is 0 Å². The quantitative estimate of drug-likeness (QED) is 0.158. The molecule has 147 heavy (non-hydrogen) atoms. The van der Waals surface area contributed by atoms with Gasteiger partial charge in [-0.1, -0.05) is 500 Å². The van der Waals surface area contributed by atoms with Crippen molar-refractivity contribution in [1.82, 2.24) is 13.7 Å². The highest BCUT2D eigenvalue weighted by Gasteiger charge is 2.35. The van der Waals surface area contributed by atoms with E-state index < -0.39 is 0 Å². The zero-order valence-corrected chi connectivity index (χ0v) is 90.3. The second kappa shape index (κ2) is 43.5. The van der Waals surface area contributed by atoms with Crippen molar-refractivity contribution in [2.45, 2.75) is 204 Å². The number of hydrogen-bond donors (Lipinski definition) is 0. The molecule has 30 rings (SSSR count). The molecule has 0 N–H and O–H groups in total. The zero-order chi connectivity index (χ0) is 103. The van der Waals surface area contributed by atoms with Crippen LogP contribution in [0, 0.1) is 20.8 Å². The fourth-order valence-corrected chi connectivity index (χ4v) is 25.5. The lowest BCUT2D eigenvalue weighted by atomic mass is 9.93. The van der Waals surface area contributed by atoms with Crippen molar-refractivity contribution in [1.29, 1.82) is 0 Å². The fraction of sp³-hybridized carbons (Fsp3) is 0.208. The Labute approximate surface area is 871 Å². The Morgan fingerprint density at radius 2 is 0.449 bits per heavy atom. The van der Waals surface area contributed by atoms with E-state index in [0.717, 1.165) is 58.2 Å². The summed E-state index contributed by atoms with van der Waals surface area (Å²) in [5.41, 5.74) is 51.0. The van der Waals surface area contributed by atoms with Gasteiger partial charge in [0, 0.05) is 87.4 Å². The van der Waals surface area contributed by atoms with Crippen LogP contribution in [0.25, 0.3) is 197 Å². The summed E-state index contributed by atoms with van der Waals surface area (Å²) in [6.07, 6.45) is 5.96. The van der Waals surface area contributed by atoms with Gasteiger partial charge in [0.2, 0.25) is 0 Å². The first kappa shape index (κ1) is 100. The highest BCUT2D eigenvalue weighted by molar-refractivity contribution is 6.32. The van der Waals surface area contributed by atoms with Crippen LogP contribution in [0.3, 0.4) is 0 Å². The Bertz CT molecular complexity index is 9140. The lowest BCUT2D eigenvalue weighted by Crippen LogP contribution is -2.05. The van der Waals surface area contributed by atoms with Gasteiger partial charge in [0.1, 0.15) is 0 Å². The molecule has 0 amide bonds. The molecule has 3 heteroatoms. The smallest absolute Gasteiger partial charge is 0.0574 e. The summed E-state index contributed by atoms with van der Waals surface area (Å²) in [6, 6.07) is 137. The number of fused-ring (bicyclic) bond motifs is 45. The number of hydrogen-bond acceptors (Lipinski definition) is 0. The molecule has 732 valence electrons. The van der Waals surface area contributed by atoms with Crippen molar-refractivity contribution in [3.63, 3.8) is 0 Å². The molecule has 6 aliphatic carbocycles. The van der Waals surface area contributed by atoms with Crippen molar-refractivity contribution in [3.05, 3.63) is 464 Å². The molecular weight excluding hydrogens is 1770 g/mol. The molecule has 0 radical (unpaired) electrons. The number of rotatable bonds is 6. The third-order valence-corrected chi connectivity index (χ3v) is 30.4. The molecule has 3 heterocycles. The Balaban J connectivity index is 0.000000129. The van der Waals surface area contributed by atoms with Gasteiger partial charge in [-0.05, 0) is 244 Å². The second-order valence-electron chi connectivity index (χ2n) is 37.5.